The minimum atomic E-state index is -0.173. The molecule has 8 heteroatoms. The molecular formula is C28H39ClN6O. The molecule has 1 amide bonds. The van der Waals surface area contributed by atoms with Gasteiger partial charge in [-0.3, -0.25) is 4.79 Å². The van der Waals surface area contributed by atoms with Crippen molar-refractivity contribution in [1.82, 2.24) is 24.7 Å². The highest BCUT2D eigenvalue weighted by Gasteiger charge is 2.33. The van der Waals surface area contributed by atoms with Crippen LogP contribution in [0.25, 0.3) is 0 Å². The van der Waals surface area contributed by atoms with Crippen molar-refractivity contribution >= 4 is 23.3 Å². The van der Waals surface area contributed by atoms with Gasteiger partial charge in [-0.15, -0.1) is 0 Å². The van der Waals surface area contributed by atoms with Crippen molar-refractivity contribution in [2.75, 3.05) is 64.8 Å². The number of amides is 1. The van der Waals surface area contributed by atoms with Crippen molar-refractivity contribution in [1.29, 1.82) is 0 Å². The number of anilines is 1. The number of carbonyl (C=O) groups is 1. The number of hydrogen-bond acceptors (Lipinski definition) is 6. The fourth-order valence-electron chi connectivity index (χ4n) is 6.13. The van der Waals surface area contributed by atoms with Gasteiger partial charge in [-0.2, -0.15) is 0 Å². The largest absolute Gasteiger partial charge is 0.353 e. The SMILES string of the molecule is C[C@@H]1CCc2ncnc(N3CCN(C(=O)[C@@H](CN4CCC(N(C)C)CC4)c4ccc(Cl)cc4)CC3)c21. The number of likely N-dealkylation sites (tertiary alicyclic amines) is 1. The van der Waals surface area contributed by atoms with Gasteiger partial charge in [-0.1, -0.05) is 30.7 Å². The Labute approximate surface area is 220 Å². The summed E-state index contributed by atoms with van der Waals surface area (Å²) >= 11 is 6.18. The van der Waals surface area contributed by atoms with E-state index in [2.05, 4.69) is 50.6 Å². The highest BCUT2D eigenvalue weighted by Crippen LogP contribution is 2.37. The number of hydrogen-bond donors (Lipinski definition) is 0. The maximum atomic E-state index is 13.9. The molecular weight excluding hydrogens is 472 g/mol. The predicted molar refractivity (Wildman–Crippen MR) is 145 cm³/mol. The van der Waals surface area contributed by atoms with Crippen LogP contribution in [0.15, 0.2) is 30.6 Å². The second-order valence-electron chi connectivity index (χ2n) is 10.9. The van der Waals surface area contributed by atoms with E-state index < -0.39 is 0 Å². The Morgan fingerprint density at radius 1 is 1.03 bits per heavy atom. The lowest BCUT2D eigenvalue weighted by molar-refractivity contribution is -0.133. The number of aromatic nitrogens is 2. The van der Waals surface area contributed by atoms with E-state index in [1.165, 1.54) is 11.3 Å². The topological polar surface area (TPSA) is 55.8 Å². The summed E-state index contributed by atoms with van der Waals surface area (Å²) in [5.74, 6) is 1.64. The van der Waals surface area contributed by atoms with E-state index in [0.29, 0.717) is 17.0 Å². The summed E-state index contributed by atoms with van der Waals surface area (Å²) in [6.45, 7) is 8.16. The smallest absolute Gasteiger partial charge is 0.231 e. The van der Waals surface area contributed by atoms with E-state index in [4.69, 9.17) is 11.6 Å². The van der Waals surface area contributed by atoms with Crippen molar-refractivity contribution in [3.63, 3.8) is 0 Å². The molecule has 2 aliphatic heterocycles. The van der Waals surface area contributed by atoms with E-state index in [0.717, 1.165) is 82.9 Å². The molecule has 5 rings (SSSR count). The first-order valence-electron chi connectivity index (χ1n) is 13.4. The van der Waals surface area contributed by atoms with Crippen LogP contribution in [0.5, 0.6) is 0 Å². The monoisotopic (exact) mass is 510 g/mol. The molecule has 0 spiro atoms. The normalized spacial score (nSPS) is 22.2. The van der Waals surface area contributed by atoms with Crippen LogP contribution < -0.4 is 4.90 Å². The van der Waals surface area contributed by atoms with Crippen LogP contribution in [0, 0.1) is 0 Å². The van der Waals surface area contributed by atoms with Gasteiger partial charge in [0.05, 0.1) is 5.92 Å². The second kappa shape index (κ2) is 11.0. The van der Waals surface area contributed by atoms with E-state index in [9.17, 15) is 4.79 Å². The van der Waals surface area contributed by atoms with Crippen LogP contribution in [0.2, 0.25) is 5.02 Å². The number of fused-ring (bicyclic) bond motifs is 1. The van der Waals surface area contributed by atoms with Gasteiger partial charge in [-0.25, -0.2) is 9.97 Å². The first-order chi connectivity index (χ1) is 17.4. The molecule has 3 heterocycles. The third-order valence-corrected chi connectivity index (χ3v) is 8.69. The number of benzene rings is 1. The third kappa shape index (κ3) is 5.38. The lowest BCUT2D eigenvalue weighted by Gasteiger charge is -2.40. The Morgan fingerprint density at radius 2 is 1.72 bits per heavy atom. The second-order valence-corrected chi connectivity index (χ2v) is 11.3. The highest BCUT2D eigenvalue weighted by molar-refractivity contribution is 6.30. The number of piperazine rings is 1. The molecule has 0 N–H and O–H groups in total. The Bertz CT molecular complexity index is 1040. The zero-order chi connectivity index (χ0) is 25.2. The zero-order valence-corrected chi connectivity index (χ0v) is 22.6. The molecule has 2 fully saturated rings. The maximum Gasteiger partial charge on any atom is 0.231 e. The van der Waals surface area contributed by atoms with Gasteiger partial charge in [0.2, 0.25) is 5.91 Å². The molecule has 0 radical (unpaired) electrons. The maximum absolute atomic E-state index is 13.9. The van der Waals surface area contributed by atoms with Crippen molar-refractivity contribution in [3.8, 4) is 0 Å². The molecule has 1 aromatic carbocycles. The summed E-state index contributed by atoms with van der Waals surface area (Å²) in [5.41, 5.74) is 3.58. The van der Waals surface area contributed by atoms with E-state index in [1.807, 2.05) is 24.3 Å². The first-order valence-corrected chi connectivity index (χ1v) is 13.8. The average Bonchev–Trinajstić information content (AvgIpc) is 3.29. The molecule has 2 saturated heterocycles. The molecule has 0 bridgehead atoms. The number of nitrogens with zero attached hydrogens (tertiary/aromatic N) is 6. The third-order valence-electron chi connectivity index (χ3n) is 8.44. The minimum absolute atomic E-state index is 0.173. The minimum Gasteiger partial charge on any atom is -0.353 e. The van der Waals surface area contributed by atoms with Crippen LogP contribution in [0.4, 0.5) is 5.82 Å². The molecule has 2 atom stereocenters. The van der Waals surface area contributed by atoms with Gasteiger partial charge in [0, 0.05) is 55.0 Å². The molecule has 7 nitrogen and oxygen atoms in total. The average molecular weight is 511 g/mol. The highest BCUT2D eigenvalue weighted by atomic mass is 35.5. The standard InChI is InChI=1S/C28H39ClN6O/c1-20-4-9-25-26(20)27(31-19-30-25)34-14-16-35(17-15-34)28(36)24(21-5-7-22(29)8-6-21)18-33-12-10-23(11-13-33)32(2)3/h5-8,19-20,23-24H,4,9-18H2,1-3H3/t20-,24+/m1/s1. The number of aryl methyl sites for hydroxylation is 1. The fraction of sp³-hybridized carbons (Fsp3) is 0.607. The van der Waals surface area contributed by atoms with Gasteiger partial charge < -0.3 is 19.6 Å². The van der Waals surface area contributed by atoms with Crippen LogP contribution in [0.1, 0.15) is 54.8 Å². The van der Waals surface area contributed by atoms with Crippen LogP contribution in [-0.2, 0) is 11.2 Å². The molecule has 1 aliphatic carbocycles. The van der Waals surface area contributed by atoms with Gasteiger partial charge in [-0.05, 0) is 76.5 Å². The van der Waals surface area contributed by atoms with Crippen molar-refractivity contribution in [2.45, 2.75) is 50.5 Å². The summed E-state index contributed by atoms with van der Waals surface area (Å²) in [4.78, 5) is 32.3. The van der Waals surface area contributed by atoms with Gasteiger partial charge in [0.1, 0.15) is 12.1 Å². The lowest BCUT2D eigenvalue weighted by atomic mass is 9.94. The summed E-state index contributed by atoms with van der Waals surface area (Å²) in [5, 5.41) is 0.706. The quantitative estimate of drug-likeness (QED) is 0.591. The lowest BCUT2D eigenvalue weighted by Crippen LogP contribution is -2.52. The van der Waals surface area contributed by atoms with Gasteiger partial charge >= 0.3 is 0 Å². The van der Waals surface area contributed by atoms with E-state index in [-0.39, 0.29) is 11.8 Å². The molecule has 0 unspecified atom stereocenters. The summed E-state index contributed by atoms with van der Waals surface area (Å²) in [7, 11) is 4.33. The number of piperidine rings is 1. The summed E-state index contributed by atoms with van der Waals surface area (Å²) < 4.78 is 0. The number of rotatable bonds is 6. The van der Waals surface area contributed by atoms with Crippen LogP contribution in [0.3, 0.4) is 0 Å². The molecule has 3 aliphatic rings. The van der Waals surface area contributed by atoms with Crippen LogP contribution in [-0.4, -0.2) is 96.5 Å². The Kier molecular flexibility index (Phi) is 7.79. The molecule has 1 aromatic heterocycles. The Morgan fingerprint density at radius 3 is 2.39 bits per heavy atom. The Hall–Kier alpha value is -2.22. The number of halogens is 1. The zero-order valence-electron chi connectivity index (χ0n) is 21.9. The van der Waals surface area contributed by atoms with Gasteiger partial charge in [0.25, 0.3) is 0 Å². The molecule has 36 heavy (non-hydrogen) atoms. The van der Waals surface area contributed by atoms with Crippen molar-refractivity contribution < 1.29 is 4.79 Å². The van der Waals surface area contributed by atoms with E-state index >= 15 is 0 Å². The van der Waals surface area contributed by atoms with Crippen molar-refractivity contribution in [3.05, 3.63) is 52.4 Å². The summed E-state index contributed by atoms with van der Waals surface area (Å²) in [6, 6.07) is 8.50. The van der Waals surface area contributed by atoms with Crippen LogP contribution >= 0.6 is 11.6 Å². The molecule has 194 valence electrons. The predicted octanol–water partition coefficient (Wildman–Crippen LogP) is 3.64. The summed E-state index contributed by atoms with van der Waals surface area (Å²) in [6.07, 6.45) is 6.19. The molecule has 2 aromatic rings. The number of carbonyl (C=O) groups excluding carboxylic acids is 1. The van der Waals surface area contributed by atoms with Gasteiger partial charge in [0.15, 0.2) is 0 Å². The fourth-order valence-corrected chi connectivity index (χ4v) is 6.26. The molecule has 0 saturated carbocycles. The van der Waals surface area contributed by atoms with Crippen molar-refractivity contribution in [2.24, 2.45) is 0 Å². The van der Waals surface area contributed by atoms with E-state index in [1.54, 1.807) is 6.33 Å². The Balaban J connectivity index is 1.27. The first kappa shape index (κ1) is 25.4.